The molecule has 0 aromatic heterocycles. The molecule has 4 heterocycles. The predicted molar refractivity (Wildman–Crippen MR) is 207 cm³/mol. The van der Waals surface area contributed by atoms with Gasteiger partial charge in [0, 0.05) is 33.8 Å². The van der Waals surface area contributed by atoms with Gasteiger partial charge in [-0.2, -0.15) is 0 Å². The minimum atomic E-state index is -2.41. The van der Waals surface area contributed by atoms with E-state index in [-0.39, 0.29) is 0 Å². The molecule has 22 atom stereocenters. The summed E-state index contributed by atoms with van der Waals surface area (Å²) in [6.45, 7) is 0.677. The van der Waals surface area contributed by atoms with Crippen LogP contribution in [0.3, 0.4) is 0 Å². The van der Waals surface area contributed by atoms with Crippen molar-refractivity contribution < 1.29 is 124 Å². The Balaban J connectivity index is 1.55. The Labute approximate surface area is 370 Å². The van der Waals surface area contributed by atoms with Gasteiger partial charge in [0.25, 0.3) is 0 Å². The predicted octanol–water partition coefficient (Wildman–Crippen LogP) is -9.40. The van der Waals surface area contributed by atoms with Crippen molar-refractivity contribution in [3.05, 3.63) is 11.5 Å². The first-order valence-corrected chi connectivity index (χ1v) is 20.6. The SMILES string of the molecule is CC(=O)N/C(=C(\O)[C@H](O)CCO)[C@@H](O)OC1C(O)[C@H](O)C(CO)O[C@@H]1OCC1O[C@@H](O[C@@H]2C(CO)O[C@@H](O[C@@H]3C(CO)O[C@@H](C)C(NC(C)=O)C3O)C(NC(C)=O)C2O)C(O)C(O)[C@@H]1O. The molecule has 17 N–H and O–H groups in total. The number of carbonyl (C=O) groups excluding carboxylic acids is 3. The normalized spacial score (nSPS) is 41.4. The van der Waals surface area contributed by atoms with Crippen LogP contribution < -0.4 is 16.0 Å². The molecule has 65 heavy (non-hydrogen) atoms. The van der Waals surface area contributed by atoms with Crippen molar-refractivity contribution in [2.24, 2.45) is 0 Å². The monoisotopic (exact) mass is 949 g/mol. The third kappa shape index (κ3) is 13.2. The number of carbonyl (C=O) groups is 3. The first kappa shape index (κ1) is 54.7. The summed E-state index contributed by atoms with van der Waals surface area (Å²) in [6, 6.07) is -2.65. The largest absolute Gasteiger partial charge is 0.508 e. The Morgan fingerprint density at radius 2 is 1.09 bits per heavy atom. The molecule has 0 spiro atoms. The van der Waals surface area contributed by atoms with Gasteiger partial charge in [0.2, 0.25) is 24.0 Å². The van der Waals surface area contributed by atoms with Crippen molar-refractivity contribution >= 4 is 17.7 Å². The second-order valence-electron chi connectivity index (χ2n) is 15.9. The van der Waals surface area contributed by atoms with E-state index in [0.717, 1.165) is 13.8 Å². The molecule has 28 nitrogen and oxygen atoms in total. The molecule has 0 saturated carbocycles. The number of aliphatic hydroxyl groups excluding tert-OH is 14. The van der Waals surface area contributed by atoms with Gasteiger partial charge in [0.05, 0.1) is 38.6 Å². The molecule has 0 aliphatic carbocycles. The molecule has 3 amide bonds. The molecule has 4 aliphatic rings. The van der Waals surface area contributed by atoms with Crippen molar-refractivity contribution in [1.82, 2.24) is 16.0 Å². The molecule has 12 unspecified atom stereocenters. The second kappa shape index (κ2) is 24.4. The van der Waals surface area contributed by atoms with Crippen molar-refractivity contribution in [2.75, 3.05) is 33.0 Å². The minimum Gasteiger partial charge on any atom is -0.508 e. The van der Waals surface area contributed by atoms with E-state index in [1.807, 2.05) is 5.32 Å². The second-order valence-corrected chi connectivity index (χ2v) is 15.9. The number of ether oxygens (including phenoxy) is 8. The summed E-state index contributed by atoms with van der Waals surface area (Å²) in [5.41, 5.74) is -0.847. The van der Waals surface area contributed by atoms with Gasteiger partial charge in [-0.3, -0.25) is 14.4 Å². The van der Waals surface area contributed by atoms with E-state index in [9.17, 15) is 85.9 Å². The zero-order valence-corrected chi connectivity index (χ0v) is 35.7. The smallest absolute Gasteiger partial charge is 0.221 e. The van der Waals surface area contributed by atoms with Crippen LogP contribution in [0.25, 0.3) is 0 Å². The van der Waals surface area contributed by atoms with Crippen LogP contribution in [0.1, 0.15) is 34.1 Å². The van der Waals surface area contributed by atoms with Crippen LogP contribution in [0.5, 0.6) is 0 Å². The van der Waals surface area contributed by atoms with Crippen molar-refractivity contribution in [3.63, 3.8) is 0 Å². The Kier molecular flexibility index (Phi) is 20.5. The van der Waals surface area contributed by atoms with E-state index in [2.05, 4.69) is 10.6 Å². The maximum atomic E-state index is 12.4. The summed E-state index contributed by atoms with van der Waals surface area (Å²) in [5.74, 6) is -3.22. The Hall–Kier alpha value is -2.89. The summed E-state index contributed by atoms with van der Waals surface area (Å²) in [7, 11) is 0. The highest BCUT2D eigenvalue weighted by Gasteiger charge is 2.55. The van der Waals surface area contributed by atoms with Crippen molar-refractivity contribution in [1.29, 1.82) is 0 Å². The summed E-state index contributed by atoms with van der Waals surface area (Å²) >= 11 is 0. The van der Waals surface area contributed by atoms with Crippen LogP contribution in [-0.4, -0.2) is 257 Å². The highest BCUT2D eigenvalue weighted by molar-refractivity contribution is 5.75. The van der Waals surface area contributed by atoms with E-state index in [0.29, 0.717) is 0 Å². The quantitative estimate of drug-likeness (QED) is 0.0422. The average Bonchev–Trinajstić information content (AvgIpc) is 3.25. The van der Waals surface area contributed by atoms with Crippen LogP contribution in [-0.2, 0) is 52.3 Å². The van der Waals surface area contributed by atoms with E-state index in [1.165, 1.54) is 13.8 Å². The summed E-state index contributed by atoms with van der Waals surface area (Å²) in [4.78, 5) is 36.2. The third-order valence-corrected chi connectivity index (χ3v) is 11.1. The molecule has 0 aromatic carbocycles. The Morgan fingerprint density at radius 1 is 0.585 bits per heavy atom. The number of nitrogens with one attached hydrogen (secondary N) is 3. The van der Waals surface area contributed by atoms with Gasteiger partial charge in [-0.25, -0.2) is 0 Å². The van der Waals surface area contributed by atoms with Crippen LogP contribution in [0.2, 0.25) is 0 Å². The average molecular weight is 950 g/mol. The van der Waals surface area contributed by atoms with Gasteiger partial charge >= 0.3 is 0 Å². The van der Waals surface area contributed by atoms with Crippen molar-refractivity contribution in [3.8, 4) is 0 Å². The summed E-state index contributed by atoms with van der Waals surface area (Å²) < 4.78 is 45.9. The number of hydrogen-bond donors (Lipinski definition) is 17. The molecule has 4 rings (SSSR count). The topological polar surface area (TPSA) is 444 Å². The van der Waals surface area contributed by atoms with Gasteiger partial charge in [0.1, 0.15) is 109 Å². The van der Waals surface area contributed by atoms with E-state index in [1.54, 1.807) is 0 Å². The molecular weight excluding hydrogens is 886 g/mol. The van der Waals surface area contributed by atoms with Crippen LogP contribution in [0, 0.1) is 0 Å². The zero-order valence-electron chi connectivity index (χ0n) is 35.7. The molecule has 376 valence electrons. The highest BCUT2D eigenvalue weighted by Crippen LogP contribution is 2.34. The Morgan fingerprint density at radius 3 is 1.65 bits per heavy atom. The minimum absolute atomic E-state index is 0.457. The number of hydrogen-bond acceptors (Lipinski definition) is 25. The van der Waals surface area contributed by atoms with E-state index in [4.69, 9.17) is 37.9 Å². The molecule has 4 saturated heterocycles. The first-order chi connectivity index (χ1) is 30.6. The molecule has 0 aromatic rings. The lowest BCUT2D eigenvalue weighted by Gasteiger charge is -2.49. The van der Waals surface area contributed by atoms with Gasteiger partial charge < -0.3 is 125 Å². The fraction of sp³-hybridized carbons (Fsp3) is 0.865. The molecule has 0 radical (unpaired) electrons. The maximum Gasteiger partial charge on any atom is 0.221 e. The van der Waals surface area contributed by atoms with Crippen LogP contribution in [0.15, 0.2) is 11.5 Å². The molecule has 4 aliphatic heterocycles. The van der Waals surface area contributed by atoms with Crippen molar-refractivity contribution in [2.45, 2.75) is 169 Å². The molecule has 0 bridgehead atoms. The lowest BCUT2D eigenvalue weighted by Crippen LogP contribution is -2.70. The van der Waals surface area contributed by atoms with E-state index >= 15 is 0 Å². The van der Waals surface area contributed by atoms with Gasteiger partial charge in [-0.1, -0.05) is 0 Å². The zero-order chi connectivity index (χ0) is 48.6. The lowest BCUT2D eigenvalue weighted by atomic mass is 9.92. The van der Waals surface area contributed by atoms with E-state index < -0.39 is 204 Å². The lowest BCUT2D eigenvalue weighted by molar-refractivity contribution is -0.366. The number of aliphatic hydroxyl groups is 14. The van der Waals surface area contributed by atoms with Gasteiger partial charge in [0.15, 0.2) is 18.9 Å². The standard InChI is InChI=1S/C37H63N3O25/c1-11-20(38-12(2)45)26(52)31(17(8-43)59-11)64-35-22(40-14(4)47)27(53)32(18(9-44)61-35)65-36-30(56)28(54)25(51)19(62-36)10-58-37-33(29(55)24(50)16(7-42)60-37)63-34(57)21(39-13(3)46)23(49)15(48)5-6-41/h11,15-20,22,24-37,41-44,48-57H,5-10H2,1-4H3,(H,38,45)(H,39,46)(H,40,47)/b23-21-/t11-,15+,16?,17?,18?,19?,20?,22?,24+,25+,26?,27?,28?,29?,30?,31+,32+,33?,34-,35-,36-,37-/m0/s1. The summed E-state index contributed by atoms with van der Waals surface area (Å²) in [5, 5.41) is 155. The molecule has 28 heteroatoms. The third-order valence-electron chi connectivity index (χ3n) is 11.1. The number of rotatable bonds is 19. The van der Waals surface area contributed by atoms with Crippen LogP contribution in [0.4, 0.5) is 0 Å². The molecule has 4 fully saturated rings. The highest BCUT2D eigenvalue weighted by atomic mass is 16.8. The van der Waals surface area contributed by atoms with Crippen LogP contribution >= 0.6 is 0 Å². The summed E-state index contributed by atoms with van der Waals surface area (Å²) in [6.07, 6.45) is -36.2. The number of amides is 3. The van der Waals surface area contributed by atoms with Gasteiger partial charge in [-0.15, -0.1) is 0 Å². The Bertz CT molecular complexity index is 1580. The fourth-order valence-corrected chi connectivity index (χ4v) is 7.73. The first-order valence-electron chi connectivity index (χ1n) is 20.6. The van der Waals surface area contributed by atoms with Gasteiger partial charge in [-0.05, 0) is 6.92 Å². The maximum absolute atomic E-state index is 12.4. The fourth-order valence-electron chi connectivity index (χ4n) is 7.73. The molecular formula is C37H63N3O25.